The van der Waals surface area contributed by atoms with Crippen LogP contribution in [0.5, 0.6) is 5.75 Å². The Morgan fingerprint density at radius 3 is 2.75 bits per heavy atom. The topological polar surface area (TPSA) is 50.4 Å². The molecule has 2 aromatic rings. The minimum Gasteiger partial charge on any atom is -0.494 e. The molecular formula is C18H19FN2O2S. The van der Waals surface area contributed by atoms with E-state index >= 15 is 0 Å². The minimum absolute atomic E-state index is 0.0999. The first kappa shape index (κ1) is 17.9. The number of unbranched alkanes of at least 4 members (excludes halogenated alkanes) is 1. The van der Waals surface area contributed by atoms with Gasteiger partial charge in [-0.2, -0.15) is 0 Å². The monoisotopic (exact) mass is 346 g/mol. The van der Waals surface area contributed by atoms with Crippen LogP contribution in [0.25, 0.3) is 0 Å². The Bertz CT molecular complexity index is 722. The Labute approximate surface area is 146 Å². The number of amides is 1. The van der Waals surface area contributed by atoms with Crippen LogP contribution in [-0.4, -0.2) is 17.6 Å². The van der Waals surface area contributed by atoms with E-state index in [1.54, 1.807) is 36.4 Å². The molecule has 0 fully saturated rings. The van der Waals surface area contributed by atoms with Crippen LogP contribution in [0.1, 0.15) is 30.1 Å². The average molecular weight is 346 g/mol. The zero-order valence-electron chi connectivity index (χ0n) is 13.3. The standard InChI is InChI=1S/C18H19FN2O2S/c1-2-3-10-23-16-9-4-6-13(11-16)17(22)21-18(24)20-15-8-5-7-14(19)12-15/h4-9,11-12H,2-3,10H2,1H3,(H2,20,21,22,24). The number of ether oxygens (including phenoxy) is 1. The number of rotatable bonds is 6. The molecule has 0 aliphatic rings. The van der Waals surface area contributed by atoms with Gasteiger partial charge in [0.25, 0.3) is 5.91 Å². The number of carbonyl (C=O) groups is 1. The molecular weight excluding hydrogens is 327 g/mol. The van der Waals surface area contributed by atoms with Gasteiger partial charge in [-0.05, 0) is 55.0 Å². The lowest BCUT2D eigenvalue weighted by atomic mass is 10.2. The molecule has 0 aromatic heterocycles. The van der Waals surface area contributed by atoms with E-state index in [1.165, 1.54) is 12.1 Å². The van der Waals surface area contributed by atoms with Gasteiger partial charge in [0.15, 0.2) is 5.11 Å². The lowest BCUT2D eigenvalue weighted by Crippen LogP contribution is -2.34. The van der Waals surface area contributed by atoms with Crippen molar-refractivity contribution in [2.75, 3.05) is 11.9 Å². The molecule has 0 aliphatic heterocycles. The van der Waals surface area contributed by atoms with Gasteiger partial charge in [0.05, 0.1) is 6.61 Å². The summed E-state index contributed by atoms with van der Waals surface area (Å²) in [4.78, 5) is 12.2. The van der Waals surface area contributed by atoms with Crippen molar-refractivity contribution in [1.29, 1.82) is 0 Å². The van der Waals surface area contributed by atoms with Crippen LogP contribution in [0.3, 0.4) is 0 Å². The van der Waals surface area contributed by atoms with Gasteiger partial charge in [-0.1, -0.05) is 25.5 Å². The normalized spacial score (nSPS) is 10.1. The summed E-state index contributed by atoms with van der Waals surface area (Å²) in [7, 11) is 0. The smallest absolute Gasteiger partial charge is 0.257 e. The highest BCUT2D eigenvalue weighted by molar-refractivity contribution is 7.80. The quantitative estimate of drug-likeness (QED) is 0.610. The van der Waals surface area contributed by atoms with Gasteiger partial charge in [0.2, 0.25) is 0 Å². The van der Waals surface area contributed by atoms with Crippen molar-refractivity contribution < 1.29 is 13.9 Å². The first-order valence-corrected chi connectivity index (χ1v) is 8.10. The molecule has 4 nitrogen and oxygen atoms in total. The summed E-state index contributed by atoms with van der Waals surface area (Å²) in [6, 6.07) is 12.7. The lowest BCUT2D eigenvalue weighted by Gasteiger charge is -2.11. The number of benzene rings is 2. The highest BCUT2D eigenvalue weighted by atomic mass is 32.1. The van der Waals surface area contributed by atoms with Gasteiger partial charge in [-0.25, -0.2) is 4.39 Å². The number of hydrogen-bond donors (Lipinski definition) is 2. The predicted octanol–water partition coefficient (Wildman–Crippen LogP) is 4.13. The maximum atomic E-state index is 13.1. The first-order valence-electron chi connectivity index (χ1n) is 7.69. The highest BCUT2D eigenvalue weighted by Crippen LogP contribution is 2.14. The second kappa shape index (κ2) is 8.98. The van der Waals surface area contributed by atoms with Gasteiger partial charge >= 0.3 is 0 Å². The Kier molecular flexibility index (Phi) is 6.69. The van der Waals surface area contributed by atoms with Crippen LogP contribution in [0.4, 0.5) is 10.1 Å². The summed E-state index contributed by atoms with van der Waals surface area (Å²) >= 11 is 5.08. The van der Waals surface area contributed by atoms with Crippen LogP contribution in [0.2, 0.25) is 0 Å². The van der Waals surface area contributed by atoms with Crippen LogP contribution in [-0.2, 0) is 0 Å². The summed E-state index contributed by atoms with van der Waals surface area (Å²) in [6.45, 7) is 2.70. The summed E-state index contributed by atoms with van der Waals surface area (Å²) in [5.74, 6) is -0.101. The fourth-order valence-electron chi connectivity index (χ4n) is 1.97. The molecule has 0 radical (unpaired) electrons. The van der Waals surface area contributed by atoms with Crippen molar-refractivity contribution >= 4 is 28.9 Å². The molecule has 0 spiro atoms. The van der Waals surface area contributed by atoms with Crippen molar-refractivity contribution in [3.05, 3.63) is 59.9 Å². The third kappa shape index (κ3) is 5.62. The Hall–Kier alpha value is -2.47. The van der Waals surface area contributed by atoms with E-state index in [9.17, 15) is 9.18 Å². The SMILES string of the molecule is CCCCOc1cccc(C(=O)NC(=S)Nc2cccc(F)c2)c1. The molecule has 0 aliphatic carbocycles. The first-order chi connectivity index (χ1) is 11.6. The number of hydrogen-bond acceptors (Lipinski definition) is 3. The van der Waals surface area contributed by atoms with Gasteiger partial charge in [-0.15, -0.1) is 0 Å². The van der Waals surface area contributed by atoms with Gasteiger partial charge in [0, 0.05) is 11.3 Å². The van der Waals surface area contributed by atoms with E-state index in [0.29, 0.717) is 23.6 Å². The minimum atomic E-state index is -0.383. The summed E-state index contributed by atoms with van der Waals surface area (Å²) in [6.07, 6.45) is 2.00. The second-order valence-corrected chi connectivity index (χ2v) is 5.56. The fourth-order valence-corrected chi connectivity index (χ4v) is 2.18. The molecule has 0 bridgehead atoms. The molecule has 0 saturated heterocycles. The van der Waals surface area contributed by atoms with Gasteiger partial charge in [0.1, 0.15) is 11.6 Å². The number of carbonyl (C=O) groups excluding carboxylic acids is 1. The number of anilines is 1. The molecule has 0 saturated carbocycles. The number of halogens is 1. The van der Waals surface area contributed by atoms with Gasteiger partial charge in [-0.3, -0.25) is 10.1 Å². The Balaban J connectivity index is 1.93. The van der Waals surface area contributed by atoms with E-state index in [1.807, 2.05) is 0 Å². The van der Waals surface area contributed by atoms with E-state index in [0.717, 1.165) is 12.8 Å². The zero-order valence-corrected chi connectivity index (χ0v) is 14.2. The molecule has 1 amide bonds. The molecule has 0 unspecified atom stereocenters. The highest BCUT2D eigenvalue weighted by Gasteiger charge is 2.09. The molecule has 126 valence electrons. The van der Waals surface area contributed by atoms with Crippen LogP contribution >= 0.6 is 12.2 Å². The van der Waals surface area contributed by atoms with Crippen LogP contribution in [0.15, 0.2) is 48.5 Å². The lowest BCUT2D eigenvalue weighted by molar-refractivity contribution is 0.0977. The van der Waals surface area contributed by atoms with Crippen LogP contribution < -0.4 is 15.4 Å². The third-order valence-electron chi connectivity index (χ3n) is 3.17. The van der Waals surface area contributed by atoms with Crippen LogP contribution in [0, 0.1) is 5.82 Å². The Morgan fingerprint density at radius 1 is 1.21 bits per heavy atom. The largest absolute Gasteiger partial charge is 0.494 e. The molecule has 2 rings (SSSR count). The molecule has 0 heterocycles. The number of thiocarbonyl (C=S) groups is 1. The maximum Gasteiger partial charge on any atom is 0.257 e. The average Bonchev–Trinajstić information content (AvgIpc) is 2.55. The molecule has 2 aromatic carbocycles. The number of nitrogens with one attached hydrogen (secondary N) is 2. The molecule has 2 N–H and O–H groups in total. The molecule has 6 heteroatoms. The maximum absolute atomic E-state index is 13.1. The molecule has 0 atom stereocenters. The predicted molar refractivity (Wildman–Crippen MR) is 96.9 cm³/mol. The summed E-state index contributed by atoms with van der Waals surface area (Å²) in [5, 5.41) is 5.43. The van der Waals surface area contributed by atoms with Crippen molar-refractivity contribution in [2.24, 2.45) is 0 Å². The second-order valence-electron chi connectivity index (χ2n) is 5.15. The van der Waals surface area contributed by atoms with E-state index < -0.39 is 0 Å². The Morgan fingerprint density at radius 2 is 2.00 bits per heavy atom. The fraction of sp³-hybridized carbons (Fsp3) is 0.222. The van der Waals surface area contributed by atoms with E-state index in [2.05, 4.69) is 17.6 Å². The summed E-state index contributed by atoms with van der Waals surface area (Å²) < 4.78 is 18.7. The van der Waals surface area contributed by atoms with Crippen molar-refractivity contribution in [1.82, 2.24) is 5.32 Å². The van der Waals surface area contributed by atoms with Gasteiger partial charge < -0.3 is 10.1 Å². The van der Waals surface area contributed by atoms with E-state index in [-0.39, 0.29) is 16.8 Å². The van der Waals surface area contributed by atoms with E-state index in [4.69, 9.17) is 17.0 Å². The van der Waals surface area contributed by atoms with Crippen molar-refractivity contribution in [3.63, 3.8) is 0 Å². The van der Waals surface area contributed by atoms with Crippen molar-refractivity contribution in [3.8, 4) is 5.75 Å². The molecule has 24 heavy (non-hydrogen) atoms. The van der Waals surface area contributed by atoms with Crippen molar-refractivity contribution in [2.45, 2.75) is 19.8 Å². The third-order valence-corrected chi connectivity index (χ3v) is 3.38. The zero-order chi connectivity index (χ0) is 17.4. The summed E-state index contributed by atoms with van der Waals surface area (Å²) in [5.41, 5.74) is 0.907.